The van der Waals surface area contributed by atoms with Crippen LogP contribution in [0.5, 0.6) is 0 Å². The van der Waals surface area contributed by atoms with E-state index in [1.807, 2.05) is 38.1 Å². The summed E-state index contributed by atoms with van der Waals surface area (Å²) < 4.78 is 0. The highest BCUT2D eigenvalue weighted by Crippen LogP contribution is 2.16. The number of carbonyl (C=O) groups excluding carboxylic acids is 1. The molecule has 4 heteroatoms. The van der Waals surface area contributed by atoms with Gasteiger partial charge in [0.2, 0.25) is 5.91 Å². The molecule has 0 spiro atoms. The van der Waals surface area contributed by atoms with Gasteiger partial charge in [0.25, 0.3) is 0 Å². The van der Waals surface area contributed by atoms with E-state index in [1.54, 1.807) is 0 Å². The molecule has 18 heavy (non-hydrogen) atoms. The van der Waals surface area contributed by atoms with E-state index in [2.05, 4.69) is 5.32 Å². The molecule has 0 saturated heterocycles. The van der Waals surface area contributed by atoms with Crippen molar-refractivity contribution in [3.63, 3.8) is 0 Å². The summed E-state index contributed by atoms with van der Waals surface area (Å²) in [5.74, 6) is 0.0677. The van der Waals surface area contributed by atoms with E-state index in [0.717, 1.165) is 18.4 Å². The predicted molar refractivity (Wildman–Crippen MR) is 75.5 cm³/mol. The van der Waals surface area contributed by atoms with Crippen molar-refractivity contribution in [2.24, 2.45) is 5.73 Å². The molecular formula is C14H21ClN2O. The Morgan fingerprint density at radius 2 is 1.94 bits per heavy atom. The maximum atomic E-state index is 11.7. The van der Waals surface area contributed by atoms with Gasteiger partial charge in [0, 0.05) is 17.5 Å². The van der Waals surface area contributed by atoms with Crippen LogP contribution in [-0.4, -0.2) is 11.9 Å². The Bertz CT molecular complexity index is 376. The molecule has 0 saturated carbocycles. The monoisotopic (exact) mass is 268 g/mol. The zero-order valence-electron chi connectivity index (χ0n) is 10.9. The molecule has 1 rings (SSSR count). The van der Waals surface area contributed by atoms with Gasteiger partial charge in [-0.3, -0.25) is 4.79 Å². The number of amides is 1. The highest BCUT2D eigenvalue weighted by molar-refractivity contribution is 6.30. The van der Waals surface area contributed by atoms with Gasteiger partial charge in [0.1, 0.15) is 0 Å². The number of hydrogen-bond acceptors (Lipinski definition) is 2. The van der Waals surface area contributed by atoms with Gasteiger partial charge in [-0.1, -0.05) is 23.7 Å². The summed E-state index contributed by atoms with van der Waals surface area (Å²) in [7, 11) is 0. The second-order valence-corrected chi connectivity index (χ2v) is 5.15. The topological polar surface area (TPSA) is 55.1 Å². The number of halogens is 1. The summed E-state index contributed by atoms with van der Waals surface area (Å²) in [4.78, 5) is 11.7. The van der Waals surface area contributed by atoms with Crippen molar-refractivity contribution in [3.05, 3.63) is 34.9 Å². The molecule has 1 amide bonds. The quantitative estimate of drug-likeness (QED) is 0.833. The third-order valence-electron chi connectivity index (χ3n) is 2.81. The molecule has 0 aliphatic carbocycles. The largest absolute Gasteiger partial charge is 0.350 e. The molecule has 3 nitrogen and oxygen atoms in total. The van der Waals surface area contributed by atoms with Gasteiger partial charge in [-0.25, -0.2) is 0 Å². The van der Waals surface area contributed by atoms with Crippen LogP contribution in [0.25, 0.3) is 0 Å². The van der Waals surface area contributed by atoms with Crippen LogP contribution in [0.15, 0.2) is 24.3 Å². The fourth-order valence-electron chi connectivity index (χ4n) is 1.73. The second kappa shape index (κ2) is 7.39. The number of carbonyl (C=O) groups is 1. The van der Waals surface area contributed by atoms with Crippen LogP contribution >= 0.6 is 11.6 Å². The minimum atomic E-state index is 0.00469. The fraction of sp³-hybridized carbons (Fsp3) is 0.500. The van der Waals surface area contributed by atoms with Crippen molar-refractivity contribution in [2.45, 2.75) is 45.2 Å². The van der Waals surface area contributed by atoms with E-state index in [1.165, 1.54) is 0 Å². The first-order chi connectivity index (χ1) is 8.49. The molecule has 0 aromatic heterocycles. The molecule has 2 atom stereocenters. The first kappa shape index (κ1) is 15.0. The molecule has 1 aromatic carbocycles. The lowest BCUT2D eigenvalue weighted by Gasteiger charge is -2.14. The lowest BCUT2D eigenvalue weighted by molar-refractivity contribution is -0.121. The summed E-state index contributed by atoms with van der Waals surface area (Å²) in [5.41, 5.74) is 6.70. The first-order valence-electron chi connectivity index (χ1n) is 6.29. The zero-order valence-corrected chi connectivity index (χ0v) is 11.7. The number of nitrogens with two attached hydrogens (primary N) is 1. The average Bonchev–Trinajstić information content (AvgIpc) is 2.29. The standard InChI is InChI=1S/C14H21ClN2O/c1-10(16)4-3-5-14(18)17-11(2)12-6-8-13(15)9-7-12/h6-11H,3-5,16H2,1-2H3,(H,17,18)/t10?,11-/m0/s1. The summed E-state index contributed by atoms with van der Waals surface area (Å²) in [6, 6.07) is 7.67. The molecule has 0 bridgehead atoms. The van der Waals surface area contributed by atoms with Gasteiger partial charge < -0.3 is 11.1 Å². The minimum absolute atomic E-state index is 0.00469. The zero-order chi connectivity index (χ0) is 13.5. The summed E-state index contributed by atoms with van der Waals surface area (Å²) >= 11 is 5.82. The SMILES string of the molecule is CC(N)CCCC(=O)N[C@@H](C)c1ccc(Cl)cc1. The number of rotatable bonds is 6. The Kier molecular flexibility index (Phi) is 6.16. The number of hydrogen-bond donors (Lipinski definition) is 2. The van der Waals surface area contributed by atoms with E-state index >= 15 is 0 Å². The van der Waals surface area contributed by atoms with Crippen molar-refractivity contribution in [1.82, 2.24) is 5.32 Å². The third kappa shape index (κ3) is 5.52. The Labute approximate surface area is 114 Å². The molecule has 0 aliphatic rings. The van der Waals surface area contributed by atoms with Crippen molar-refractivity contribution < 1.29 is 4.79 Å². The number of benzene rings is 1. The van der Waals surface area contributed by atoms with Crippen LogP contribution < -0.4 is 11.1 Å². The molecule has 0 heterocycles. The smallest absolute Gasteiger partial charge is 0.220 e. The molecular weight excluding hydrogens is 248 g/mol. The molecule has 0 fully saturated rings. The van der Waals surface area contributed by atoms with Gasteiger partial charge in [-0.15, -0.1) is 0 Å². The van der Waals surface area contributed by atoms with Gasteiger partial charge in [-0.2, -0.15) is 0 Å². The second-order valence-electron chi connectivity index (χ2n) is 4.71. The lowest BCUT2D eigenvalue weighted by Crippen LogP contribution is -2.26. The normalized spacial score (nSPS) is 14.0. The number of nitrogens with one attached hydrogen (secondary N) is 1. The van der Waals surface area contributed by atoms with Crippen molar-refractivity contribution >= 4 is 17.5 Å². The van der Waals surface area contributed by atoms with E-state index < -0.39 is 0 Å². The first-order valence-corrected chi connectivity index (χ1v) is 6.67. The molecule has 0 radical (unpaired) electrons. The highest BCUT2D eigenvalue weighted by atomic mass is 35.5. The van der Waals surface area contributed by atoms with Gasteiger partial charge >= 0.3 is 0 Å². The van der Waals surface area contributed by atoms with E-state index in [9.17, 15) is 4.79 Å². The average molecular weight is 269 g/mol. The molecule has 100 valence electrons. The van der Waals surface area contributed by atoms with Crippen LogP contribution in [0.4, 0.5) is 0 Å². The van der Waals surface area contributed by atoms with E-state index in [0.29, 0.717) is 11.4 Å². The Hall–Kier alpha value is -1.06. The van der Waals surface area contributed by atoms with Crippen LogP contribution in [0.3, 0.4) is 0 Å². The summed E-state index contributed by atoms with van der Waals surface area (Å²) in [6.45, 7) is 3.92. The van der Waals surface area contributed by atoms with Crippen LogP contribution in [0, 0.1) is 0 Å². The fourth-order valence-corrected chi connectivity index (χ4v) is 1.86. The van der Waals surface area contributed by atoms with Crippen LogP contribution in [0.2, 0.25) is 5.02 Å². The van der Waals surface area contributed by atoms with Gasteiger partial charge in [0.15, 0.2) is 0 Å². The maximum absolute atomic E-state index is 11.7. The highest BCUT2D eigenvalue weighted by Gasteiger charge is 2.09. The third-order valence-corrected chi connectivity index (χ3v) is 3.06. The lowest BCUT2D eigenvalue weighted by atomic mass is 10.1. The van der Waals surface area contributed by atoms with Crippen molar-refractivity contribution in [3.8, 4) is 0 Å². The van der Waals surface area contributed by atoms with Crippen LogP contribution in [-0.2, 0) is 4.79 Å². The maximum Gasteiger partial charge on any atom is 0.220 e. The van der Waals surface area contributed by atoms with Crippen molar-refractivity contribution in [2.75, 3.05) is 0 Å². The minimum Gasteiger partial charge on any atom is -0.350 e. The molecule has 1 aromatic rings. The van der Waals surface area contributed by atoms with Gasteiger partial charge in [0.05, 0.1) is 6.04 Å². The Balaban J connectivity index is 2.37. The summed E-state index contributed by atoms with van der Waals surface area (Å²) in [6.07, 6.45) is 2.24. The Morgan fingerprint density at radius 3 is 2.50 bits per heavy atom. The molecule has 0 aliphatic heterocycles. The molecule has 1 unspecified atom stereocenters. The van der Waals surface area contributed by atoms with Crippen LogP contribution in [0.1, 0.15) is 44.7 Å². The van der Waals surface area contributed by atoms with Crippen molar-refractivity contribution in [1.29, 1.82) is 0 Å². The predicted octanol–water partition coefficient (Wildman–Crippen LogP) is 3.03. The summed E-state index contributed by atoms with van der Waals surface area (Å²) in [5, 5.41) is 3.67. The van der Waals surface area contributed by atoms with E-state index in [-0.39, 0.29) is 18.0 Å². The Morgan fingerprint density at radius 1 is 1.33 bits per heavy atom. The van der Waals surface area contributed by atoms with Gasteiger partial charge in [-0.05, 0) is 44.4 Å². The molecule has 3 N–H and O–H groups in total. The van der Waals surface area contributed by atoms with E-state index in [4.69, 9.17) is 17.3 Å².